The van der Waals surface area contributed by atoms with Crippen molar-refractivity contribution in [3.05, 3.63) is 60.2 Å². The Kier molecular flexibility index (Phi) is 11.8. The first-order chi connectivity index (χ1) is 20.6. The number of ether oxygens (including phenoxy) is 4. The van der Waals surface area contributed by atoms with Gasteiger partial charge in [0.2, 0.25) is 10.0 Å². The van der Waals surface area contributed by atoms with Gasteiger partial charge in [0.05, 0.1) is 43.3 Å². The maximum absolute atomic E-state index is 13.7. The van der Waals surface area contributed by atoms with Crippen LogP contribution in [0.3, 0.4) is 0 Å². The van der Waals surface area contributed by atoms with Gasteiger partial charge in [0.25, 0.3) is 0 Å². The third kappa shape index (κ3) is 8.68. The molecule has 0 spiro atoms. The predicted molar refractivity (Wildman–Crippen MR) is 161 cm³/mol. The summed E-state index contributed by atoms with van der Waals surface area (Å²) in [6.45, 7) is 7.35. The Bertz CT molecular complexity index is 1260. The van der Waals surface area contributed by atoms with E-state index in [1.807, 2.05) is 44.2 Å². The van der Waals surface area contributed by atoms with Crippen molar-refractivity contribution in [2.75, 3.05) is 40.0 Å². The molecule has 2 aromatic carbocycles. The van der Waals surface area contributed by atoms with Gasteiger partial charge in [-0.05, 0) is 55.1 Å². The minimum Gasteiger partial charge on any atom is -0.497 e. The fourth-order valence-electron chi connectivity index (χ4n) is 5.53. The molecule has 3 N–H and O–H groups in total. The number of methoxy groups -OCH3 is 1. The zero-order valence-corrected chi connectivity index (χ0v) is 26.2. The predicted octanol–water partition coefficient (Wildman–Crippen LogP) is 2.78. The Hall–Kier alpha value is -2.74. The number of hydrogen-bond donors (Lipinski definition) is 3. The molecule has 0 saturated carbocycles. The highest BCUT2D eigenvalue weighted by Crippen LogP contribution is 2.33. The topological polar surface area (TPSA) is 136 Å². The lowest BCUT2D eigenvalue weighted by Gasteiger charge is -2.31. The first-order valence-electron chi connectivity index (χ1n) is 14.9. The minimum absolute atomic E-state index is 0.00343. The summed E-state index contributed by atoms with van der Waals surface area (Å²) >= 11 is 0. The maximum atomic E-state index is 13.7. The van der Waals surface area contributed by atoms with Gasteiger partial charge >= 0.3 is 6.09 Å². The number of fused-ring (bicyclic) bond motifs is 1. The van der Waals surface area contributed by atoms with Crippen LogP contribution in [0.4, 0.5) is 4.79 Å². The van der Waals surface area contributed by atoms with E-state index in [1.165, 1.54) is 23.5 Å². The summed E-state index contributed by atoms with van der Waals surface area (Å²) in [5, 5.41) is 17.8. The Morgan fingerprint density at radius 3 is 2.42 bits per heavy atom. The number of carbonyl (C=O) groups is 1. The van der Waals surface area contributed by atoms with E-state index in [4.69, 9.17) is 18.9 Å². The summed E-state index contributed by atoms with van der Waals surface area (Å²) in [7, 11) is -2.45. The van der Waals surface area contributed by atoms with E-state index in [2.05, 4.69) is 17.6 Å². The lowest BCUT2D eigenvalue weighted by Crippen LogP contribution is -2.52. The number of rotatable bonds is 15. The Morgan fingerprint density at radius 2 is 1.77 bits per heavy atom. The number of nitrogens with one attached hydrogen (secondary N) is 2. The molecule has 2 aliphatic rings. The van der Waals surface area contributed by atoms with Crippen molar-refractivity contribution >= 4 is 16.1 Å². The van der Waals surface area contributed by atoms with Crippen LogP contribution in [0, 0.1) is 11.8 Å². The molecule has 0 radical (unpaired) electrons. The van der Waals surface area contributed by atoms with Crippen molar-refractivity contribution in [3.8, 4) is 5.75 Å². The van der Waals surface area contributed by atoms with Crippen molar-refractivity contribution in [1.29, 1.82) is 0 Å². The third-order valence-electron chi connectivity index (χ3n) is 7.71. The average molecular weight is 620 g/mol. The molecule has 238 valence electrons. The van der Waals surface area contributed by atoms with E-state index in [0.717, 1.165) is 18.5 Å². The van der Waals surface area contributed by atoms with Gasteiger partial charge in [0.1, 0.15) is 11.9 Å². The molecule has 2 aliphatic heterocycles. The van der Waals surface area contributed by atoms with Gasteiger partial charge < -0.3 is 34.7 Å². The normalized spacial score (nSPS) is 23.2. The third-order valence-corrected chi connectivity index (χ3v) is 9.56. The van der Waals surface area contributed by atoms with Crippen molar-refractivity contribution in [2.24, 2.45) is 11.8 Å². The van der Waals surface area contributed by atoms with Gasteiger partial charge in [-0.25, -0.2) is 13.2 Å². The number of nitrogens with zero attached hydrogens (tertiary/aromatic N) is 1. The molecular weight excluding hydrogens is 574 g/mol. The Balaban J connectivity index is 1.50. The van der Waals surface area contributed by atoms with Crippen LogP contribution in [0.15, 0.2) is 59.5 Å². The minimum atomic E-state index is -3.96. The van der Waals surface area contributed by atoms with Crippen LogP contribution < -0.4 is 15.4 Å². The van der Waals surface area contributed by atoms with E-state index in [-0.39, 0.29) is 48.9 Å². The first-order valence-corrected chi connectivity index (χ1v) is 16.4. The van der Waals surface area contributed by atoms with Gasteiger partial charge in [0, 0.05) is 19.1 Å². The van der Waals surface area contributed by atoms with Crippen LogP contribution in [-0.4, -0.2) is 94.5 Å². The highest BCUT2D eigenvalue weighted by molar-refractivity contribution is 7.89. The summed E-state index contributed by atoms with van der Waals surface area (Å²) < 4.78 is 51.1. The molecule has 0 aromatic heterocycles. The summed E-state index contributed by atoms with van der Waals surface area (Å²) in [6, 6.07) is 14.7. The number of aliphatic hydroxyl groups excluding tert-OH is 1. The molecule has 2 aromatic rings. The molecule has 12 heteroatoms. The molecule has 0 aliphatic carbocycles. The highest BCUT2D eigenvalue weighted by atomic mass is 32.2. The van der Waals surface area contributed by atoms with E-state index < -0.39 is 40.7 Å². The molecule has 2 saturated heterocycles. The van der Waals surface area contributed by atoms with Crippen molar-refractivity contribution < 1.29 is 37.3 Å². The summed E-state index contributed by atoms with van der Waals surface area (Å²) in [5.74, 6) is 0.380. The Morgan fingerprint density at radius 1 is 1.07 bits per heavy atom. The molecule has 4 rings (SSSR count). The first kappa shape index (κ1) is 33.2. The molecule has 11 nitrogen and oxygen atoms in total. The van der Waals surface area contributed by atoms with Gasteiger partial charge in [-0.15, -0.1) is 0 Å². The van der Waals surface area contributed by atoms with E-state index >= 15 is 0 Å². The number of aliphatic hydroxyl groups is 1. The van der Waals surface area contributed by atoms with E-state index in [1.54, 1.807) is 12.1 Å². The summed E-state index contributed by atoms with van der Waals surface area (Å²) in [4.78, 5) is 13.3. The Labute approximate surface area is 254 Å². The summed E-state index contributed by atoms with van der Waals surface area (Å²) in [5.41, 5.74) is 0.873. The number of benzene rings is 2. The molecule has 2 fully saturated rings. The number of amides is 1. The fourth-order valence-corrected chi connectivity index (χ4v) is 7.15. The lowest BCUT2D eigenvalue weighted by atomic mass is 9.97. The van der Waals surface area contributed by atoms with Crippen LogP contribution >= 0.6 is 0 Å². The number of hydrogen-bond acceptors (Lipinski definition) is 9. The maximum Gasteiger partial charge on any atom is 0.407 e. The lowest BCUT2D eigenvalue weighted by molar-refractivity contribution is -0.0908. The zero-order valence-electron chi connectivity index (χ0n) is 25.3. The second-order valence-electron chi connectivity index (χ2n) is 11.5. The van der Waals surface area contributed by atoms with E-state index in [0.29, 0.717) is 12.4 Å². The van der Waals surface area contributed by atoms with Crippen LogP contribution in [0.2, 0.25) is 0 Å². The molecular formula is C31H45N3O8S. The van der Waals surface area contributed by atoms with Gasteiger partial charge in [-0.1, -0.05) is 51.1 Å². The second kappa shape index (κ2) is 15.3. The SMILES string of the molecule is CCCN[C@H]1CO[C@@H]2OC[C@H](OC(=O)N[C@@H](Cc3ccccc3)[C@H](O)CN(CC(C)C)S(=O)(=O)c3ccc(OC)cc3)[C@@H]21. The fraction of sp³-hybridized carbons (Fsp3) is 0.581. The largest absolute Gasteiger partial charge is 0.497 e. The summed E-state index contributed by atoms with van der Waals surface area (Å²) in [6.07, 6.45) is -1.67. The number of sulfonamides is 1. The van der Waals surface area contributed by atoms with Crippen LogP contribution in [0.1, 0.15) is 32.8 Å². The monoisotopic (exact) mass is 619 g/mol. The smallest absolute Gasteiger partial charge is 0.407 e. The molecule has 0 bridgehead atoms. The van der Waals surface area contributed by atoms with Crippen LogP contribution in [0.25, 0.3) is 0 Å². The standard InChI is InChI=1S/C31H45N3O8S/c1-5-15-32-26-19-40-30-29(26)28(20-41-30)42-31(36)33-25(16-22-9-7-6-8-10-22)27(35)18-34(17-21(2)3)43(37,38)24-13-11-23(39-4)12-14-24/h6-14,21,25-30,32,35H,5,15-20H2,1-4H3,(H,33,36)/t25-,26-,27+,28-,29-,30+/m0/s1. The van der Waals surface area contributed by atoms with Crippen molar-refractivity contribution in [1.82, 2.24) is 14.9 Å². The van der Waals surface area contributed by atoms with Gasteiger partial charge in [-0.3, -0.25) is 0 Å². The van der Waals surface area contributed by atoms with E-state index in [9.17, 15) is 18.3 Å². The quantitative estimate of drug-likeness (QED) is 0.275. The van der Waals surface area contributed by atoms with Crippen molar-refractivity contribution in [3.63, 3.8) is 0 Å². The molecule has 43 heavy (non-hydrogen) atoms. The highest BCUT2D eigenvalue weighted by Gasteiger charge is 2.49. The zero-order chi connectivity index (χ0) is 31.0. The number of alkyl carbamates (subject to hydrolysis) is 1. The number of carbonyl (C=O) groups excluding carboxylic acids is 1. The van der Waals surface area contributed by atoms with Gasteiger partial charge in [-0.2, -0.15) is 4.31 Å². The van der Waals surface area contributed by atoms with Gasteiger partial charge in [0.15, 0.2) is 6.29 Å². The second-order valence-corrected chi connectivity index (χ2v) is 13.5. The molecule has 0 unspecified atom stereocenters. The van der Waals surface area contributed by atoms with Crippen LogP contribution in [-0.2, 0) is 30.7 Å². The van der Waals surface area contributed by atoms with Crippen LogP contribution in [0.5, 0.6) is 5.75 Å². The van der Waals surface area contributed by atoms with Crippen molar-refractivity contribution in [2.45, 2.75) is 69.1 Å². The molecule has 1 amide bonds. The molecule has 6 atom stereocenters. The molecule has 2 heterocycles. The average Bonchev–Trinajstić information content (AvgIpc) is 3.58.